The number of nitrogens with one attached hydrogen (secondary N) is 1. The first-order valence-corrected chi connectivity index (χ1v) is 6.63. The number of halogens is 1. The van der Waals surface area contributed by atoms with E-state index in [1.54, 1.807) is 0 Å². The van der Waals surface area contributed by atoms with E-state index in [4.69, 9.17) is 0 Å². The number of carbonyl (C=O) groups is 1. The molecule has 0 atom stereocenters. The van der Waals surface area contributed by atoms with Crippen LogP contribution < -0.4 is 5.32 Å². The molecule has 0 saturated heterocycles. The first-order chi connectivity index (χ1) is 8.60. The molecule has 0 unspecified atom stereocenters. The molecule has 0 saturated carbocycles. The maximum absolute atomic E-state index is 11.0. The molecule has 2 rings (SSSR count). The second kappa shape index (κ2) is 5.44. The van der Waals surface area contributed by atoms with E-state index in [1.807, 2.05) is 18.2 Å². The molecule has 0 aliphatic carbocycles. The van der Waals surface area contributed by atoms with Crippen molar-refractivity contribution in [3.05, 3.63) is 28.6 Å². The number of aryl methyl sites for hydroxylation is 1. The van der Waals surface area contributed by atoms with Gasteiger partial charge in [0.25, 0.3) is 0 Å². The molecule has 4 nitrogen and oxygen atoms in total. The van der Waals surface area contributed by atoms with Crippen molar-refractivity contribution in [3.8, 4) is 0 Å². The Morgan fingerprint density at radius 2 is 2.17 bits per heavy atom. The molecule has 0 aliphatic rings. The average Bonchev–Trinajstić information content (AvgIpc) is 2.30. The summed E-state index contributed by atoms with van der Waals surface area (Å²) in [6.07, 6.45) is 1.88. The lowest BCUT2D eigenvalue weighted by Crippen LogP contribution is -2.05. The highest BCUT2D eigenvalue weighted by atomic mass is 79.9. The Kier molecular flexibility index (Phi) is 3.91. The zero-order valence-corrected chi connectivity index (χ0v) is 11.9. The normalized spacial score (nSPS) is 10.6. The molecule has 1 N–H and O–H groups in total. The topological polar surface area (TPSA) is 54.9 Å². The first kappa shape index (κ1) is 13.0. The lowest BCUT2D eigenvalue weighted by atomic mass is 10.2. The molecule has 0 radical (unpaired) electrons. The Labute approximate surface area is 114 Å². The summed E-state index contributed by atoms with van der Waals surface area (Å²) in [4.78, 5) is 19.9. The van der Waals surface area contributed by atoms with Crippen molar-refractivity contribution in [2.75, 3.05) is 5.32 Å². The average molecular weight is 308 g/mol. The van der Waals surface area contributed by atoms with Crippen molar-refractivity contribution < 1.29 is 4.79 Å². The number of aromatic nitrogens is 2. The molecule has 2 aromatic rings. The fourth-order valence-corrected chi connectivity index (χ4v) is 2.28. The maximum Gasteiger partial charge on any atom is 0.221 e. The van der Waals surface area contributed by atoms with Gasteiger partial charge in [-0.15, -0.1) is 0 Å². The zero-order chi connectivity index (χ0) is 13.1. The van der Waals surface area contributed by atoms with Crippen LogP contribution in [0.3, 0.4) is 0 Å². The predicted molar refractivity (Wildman–Crippen MR) is 75.5 cm³/mol. The van der Waals surface area contributed by atoms with Gasteiger partial charge >= 0.3 is 0 Å². The largest absolute Gasteiger partial charge is 0.326 e. The Morgan fingerprint density at radius 3 is 2.83 bits per heavy atom. The van der Waals surface area contributed by atoms with Gasteiger partial charge in [-0.25, -0.2) is 9.97 Å². The summed E-state index contributed by atoms with van der Waals surface area (Å²) >= 11 is 3.45. The third-order valence-corrected chi connectivity index (χ3v) is 3.09. The first-order valence-electron chi connectivity index (χ1n) is 5.84. The molecule has 1 amide bonds. The lowest BCUT2D eigenvalue weighted by Gasteiger charge is -2.06. The third kappa shape index (κ3) is 2.85. The van der Waals surface area contributed by atoms with Crippen LogP contribution in [0.2, 0.25) is 0 Å². The molecule has 1 aromatic carbocycles. The van der Waals surface area contributed by atoms with Gasteiger partial charge in [-0.3, -0.25) is 4.79 Å². The van der Waals surface area contributed by atoms with Crippen molar-refractivity contribution in [3.63, 3.8) is 0 Å². The van der Waals surface area contributed by atoms with Crippen molar-refractivity contribution in [1.82, 2.24) is 9.97 Å². The zero-order valence-electron chi connectivity index (χ0n) is 10.3. The summed E-state index contributed by atoms with van der Waals surface area (Å²) < 4.78 is 0.767. The number of carbonyl (C=O) groups excluding carboxylic acids is 1. The van der Waals surface area contributed by atoms with Gasteiger partial charge in [-0.1, -0.05) is 6.92 Å². The standard InChI is InChI=1S/C13H14BrN3O/c1-3-4-12-16-11-6-5-9(15-8(2)18)7-10(11)13(14)17-12/h5-7H,3-4H2,1-2H3,(H,15,18). The number of rotatable bonds is 3. The summed E-state index contributed by atoms with van der Waals surface area (Å²) in [5.74, 6) is 0.748. The third-order valence-electron chi connectivity index (χ3n) is 2.49. The molecule has 1 heterocycles. The number of anilines is 1. The number of nitrogens with zero attached hydrogens (tertiary/aromatic N) is 2. The number of amides is 1. The minimum Gasteiger partial charge on any atom is -0.326 e. The van der Waals surface area contributed by atoms with Gasteiger partial charge in [0, 0.05) is 24.4 Å². The minimum absolute atomic E-state index is 0.0889. The molecule has 1 aromatic heterocycles. The number of hydrogen-bond acceptors (Lipinski definition) is 3. The second-order valence-corrected chi connectivity index (χ2v) is 4.84. The van der Waals surface area contributed by atoms with Crippen molar-refractivity contribution >= 4 is 38.4 Å². The smallest absolute Gasteiger partial charge is 0.221 e. The molecule has 94 valence electrons. The van der Waals surface area contributed by atoms with Crippen LogP contribution >= 0.6 is 15.9 Å². The van der Waals surface area contributed by atoms with Crippen LogP contribution in [0.25, 0.3) is 10.9 Å². The molecule has 0 bridgehead atoms. The summed E-state index contributed by atoms with van der Waals surface area (Å²) in [6.45, 7) is 3.58. The van der Waals surface area contributed by atoms with E-state index in [0.29, 0.717) is 0 Å². The van der Waals surface area contributed by atoms with Gasteiger partial charge in [0.05, 0.1) is 5.52 Å². The van der Waals surface area contributed by atoms with Crippen LogP contribution in [-0.4, -0.2) is 15.9 Å². The van der Waals surface area contributed by atoms with Crippen LogP contribution in [0.1, 0.15) is 26.1 Å². The van der Waals surface area contributed by atoms with Crippen molar-refractivity contribution in [2.45, 2.75) is 26.7 Å². The van der Waals surface area contributed by atoms with Gasteiger partial charge in [0.2, 0.25) is 5.91 Å². The van der Waals surface area contributed by atoms with Crippen molar-refractivity contribution in [2.24, 2.45) is 0 Å². The van der Waals surface area contributed by atoms with E-state index in [9.17, 15) is 4.79 Å². The second-order valence-electron chi connectivity index (χ2n) is 4.09. The van der Waals surface area contributed by atoms with Gasteiger partial charge in [0.1, 0.15) is 10.4 Å². The molecule has 0 fully saturated rings. The number of fused-ring (bicyclic) bond motifs is 1. The Hall–Kier alpha value is -1.49. The Bertz CT molecular complexity index is 598. The quantitative estimate of drug-likeness (QED) is 0.885. The van der Waals surface area contributed by atoms with E-state index in [2.05, 4.69) is 38.1 Å². The molecular weight excluding hydrogens is 294 g/mol. The lowest BCUT2D eigenvalue weighted by molar-refractivity contribution is -0.114. The monoisotopic (exact) mass is 307 g/mol. The van der Waals surface area contributed by atoms with E-state index < -0.39 is 0 Å². The van der Waals surface area contributed by atoms with Crippen LogP contribution in [0.4, 0.5) is 5.69 Å². The minimum atomic E-state index is -0.0889. The SMILES string of the molecule is CCCc1nc(Br)c2cc(NC(C)=O)ccc2n1. The van der Waals surface area contributed by atoms with Crippen LogP contribution in [0.5, 0.6) is 0 Å². The highest BCUT2D eigenvalue weighted by Gasteiger charge is 2.06. The van der Waals surface area contributed by atoms with Gasteiger partial charge in [-0.05, 0) is 40.5 Å². The molecule has 5 heteroatoms. The predicted octanol–water partition coefficient (Wildman–Crippen LogP) is 3.30. The van der Waals surface area contributed by atoms with E-state index in [1.165, 1.54) is 6.92 Å². The Balaban J connectivity index is 2.47. The summed E-state index contributed by atoms with van der Waals surface area (Å²) in [7, 11) is 0. The van der Waals surface area contributed by atoms with Crippen LogP contribution in [-0.2, 0) is 11.2 Å². The van der Waals surface area contributed by atoms with Crippen molar-refractivity contribution in [1.29, 1.82) is 0 Å². The van der Waals surface area contributed by atoms with E-state index in [0.717, 1.165) is 39.9 Å². The Morgan fingerprint density at radius 1 is 1.39 bits per heavy atom. The van der Waals surface area contributed by atoms with E-state index >= 15 is 0 Å². The fourth-order valence-electron chi connectivity index (χ4n) is 1.75. The molecule has 0 spiro atoms. The fraction of sp³-hybridized carbons (Fsp3) is 0.308. The van der Waals surface area contributed by atoms with E-state index in [-0.39, 0.29) is 5.91 Å². The number of benzene rings is 1. The molecule has 0 aliphatic heterocycles. The summed E-state index contributed by atoms with van der Waals surface area (Å²) in [6, 6.07) is 5.61. The van der Waals surface area contributed by atoms with Crippen LogP contribution in [0, 0.1) is 0 Å². The summed E-state index contributed by atoms with van der Waals surface area (Å²) in [5.41, 5.74) is 1.64. The maximum atomic E-state index is 11.0. The van der Waals surface area contributed by atoms with Gasteiger partial charge < -0.3 is 5.32 Å². The van der Waals surface area contributed by atoms with Crippen LogP contribution in [0.15, 0.2) is 22.8 Å². The van der Waals surface area contributed by atoms with Gasteiger partial charge in [-0.2, -0.15) is 0 Å². The number of hydrogen-bond donors (Lipinski definition) is 1. The summed E-state index contributed by atoms with van der Waals surface area (Å²) in [5, 5.41) is 3.65. The molecular formula is C13H14BrN3O. The molecule has 18 heavy (non-hydrogen) atoms. The van der Waals surface area contributed by atoms with Gasteiger partial charge in [0.15, 0.2) is 0 Å². The highest BCUT2D eigenvalue weighted by molar-refractivity contribution is 9.10. The highest BCUT2D eigenvalue weighted by Crippen LogP contribution is 2.24.